The Kier molecular flexibility index (Phi) is 7.62. The standard InChI is InChI=1S/C18H22N2OS2.ClH/c19-9-4-10-20(13-14-5-2-1-3-6-14)18(21)17-15-7-11-22-16(15)8-12-23-17;/h1-3,5-7,11,17H,4,8-10,12-13,19H2;1H. The molecule has 2 aromatic rings. The summed E-state index contributed by atoms with van der Waals surface area (Å²) in [5.74, 6) is 1.26. The third-order valence-electron chi connectivity index (χ3n) is 4.06. The Morgan fingerprint density at radius 2 is 2.04 bits per heavy atom. The van der Waals surface area contributed by atoms with Crippen molar-refractivity contribution in [3.63, 3.8) is 0 Å². The summed E-state index contributed by atoms with van der Waals surface area (Å²) >= 11 is 3.55. The van der Waals surface area contributed by atoms with Gasteiger partial charge in [0.25, 0.3) is 0 Å². The first-order valence-electron chi connectivity index (χ1n) is 8.00. The van der Waals surface area contributed by atoms with E-state index < -0.39 is 0 Å². The highest BCUT2D eigenvalue weighted by molar-refractivity contribution is 8.00. The number of hydrogen-bond donors (Lipinski definition) is 1. The van der Waals surface area contributed by atoms with Crippen LogP contribution in [0.5, 0.6) is 0 Å². The number of thioether (sulfide) groups is 1. The molecule has 1 aliphatic heterocycles. The second-order valence-corrected chi connectivity index (χ2v) is 7.90. The number of nitrogens with two attached hydrogens (primary N) is 1. The van der Waals surface area contributed by atoms with E-state index in [4.69, 9.17) is 5.73 Å². The molecule has 1 unspecified atom stereocenters. The average molecular weight is 383 g/mol. The van der Waals surface area contributed by atoms with Gasteiger partial charge in [-0.3, -0.25) is 4.79 Å². The minimum atomic E-state index is -0.0495. The number of carbonyl (C=O) groups excluding carboxylic acids is 1. The Morgan fingerprint density at radius 3 is 2.79 bits per heavy atom. The Balaban J connectivity index is 0.00000208. The molecule has 0 aliphatic carbocycles. The molecule has 24 heavy (non-hydrogen) atoms. The van der Waals surface area contributed by atoms with Crippen molar-refractivity contribution in [2.24, 2.45) is 5.73 Å². The fraction of sp³-hybridized carbons (Fsp3) is 0.389. The molecule has 0 fully saturated rings. The van der Waals surface area contributed by atoms with Gasteiger partial charge in [-0.25, -0.2) is 0 Å². The van der Waals surface area contributed by atoms with Crippen molar-refractivity contribution in [3.05, 3.63) is 57.8 Å². The number of aryl methyl sites for hydroxylation is 1. The number of thiophene rings is 1. The molecule has 2 N–H and O–H groups in total. The second-order valence-electron chi connectivity index (χ2n) is 5.69. The van der Waals surface area contributed by atoms with E-state index in [1.807, 2.05) is 23.1 Å². The van der Waals surface area contributed by atoms with Gasteiger partial charge in [-0.1, -0.05) is 30.3 Å². The van der Waals surface area contributed by atoms with E-state index in [1.54, 1.807) is 23.1 Å². The molecule has 0 spiro atoms. The topological polar surface area (TPSA) is 46.3 Å². The monoisotopic (exact) mass is 382 g/mol. The third kappa shape index (κ3) is 4.54. The van der Waals surface area contributed by atoms with E-state index in [0.717, 1.165) is 25.1 Å². The van der Waals surface area contributed by atoms with E-state index in [1.165, 1.54) is 16.0 Å². The van der Waals surface area contributed by atoms with Crippen molar-refractivity contribution >= 4 is 41.4 Å². The molecule has 0 radical (unpaired) electrons. The van der Waals surface area contributed by atoms with Crippen LogP contribution < -0.4 is 5.73 Å². The van der Waals surface area contributed by atoms with Crippen LogP contribution in [0, 0.1) is 0 Å². The van der Waals surface area contributed by atoms with Crippen LogP contribution >= 0.6 is 35.5 Å². The molecule has 6 heteroatoms. The maximum Gasteiger partial charge on any atom is 0.240 e. The van der Waals surface area contributed by atoms with Crippen molar-refractivity contribution in [3.8, 4) is 0 Å². The van der Waals surface area contributed by atoms with Crippen LogP contribution in [0.4, 0.5) is 0 Å². The number of nitrogens with zero attached hydrogens (tertiary/aromatic N) is 1. The van der Waals surface area contributed by atoms with Crippen LogP contribution in [0.25, 0.3) is 0 Å². The van der Waals surface area contributed by atoms with Crippen LogP contribution in [0.15, 0.2) is 41.8 Å². The number of rotatable bonds is 6. The molecule has 3 nitrogen and oxygen atoms in total. The zero-order valence-electron chi connectivity index (χ0n) is 13.5. The van der Waals surface area contributed by atoms with E-state index in [-0.39, 0.29) is 23.6 Å². The quantitative estimate of drug-likeness (QED) is 0.824. The Labute approximate surface area is 158 Å². The summed E-state index contributed by atoms with van der Waals surface area (Å²) in [7, 11) is 0. The summed E-state index contributed by atoms with van der Waals surface area (Å²) in [5, 5.41) is 2.06. The number of amides is 1. The average Bonchev–Trinajstić information content (AvgIpc) is 3.07. The summed E-state index contributed by atoms with van der Waals surface area (Å²) in [6.07, 6.45) is 1.93. The number of halogens is 1. The van der Waals surface area contributed by atoms with Crippen molar-refractivity contribution in [1.82, 2.24) is 4.90 Å². The van der Waals surface area contributed by atoms with Crippen LogP contribution in [-0.4, -0.2) is 29.6 Å². The van der Waals surface area contributed by atoms with Crippen molar-refractivity contribution in [1.29, 1.82) is 0 Å². The molecule has 1 atom stereocenters. The smallest absolute Gasteiger partial charge is 0.240 e. The highest BCUT2D eigenvalue weighted by atomic mass is 35.5. The predicted molar refractivity (Wildman–Crippen MR) is 106 cm³/mol. The third-order valence-corrected chi connectivity index (χ3v) is 6.29. The predicted octanol–water partition coefficient (Wildman–Crippen LogP) is 3.88. The van der Waals surface area contributed by atoms with E-state index in [0.29, 0.717) is 13.1 Å². The van der Waals surface area contributed by atoms with Gasteiger partial charge in [0.15, 0.2) is 0 Å². The lowest BCUT2D eigenvalue weighted by molar-refractivity contribution is -0.131. The van der Waals surface area contributed by atoms with Crippen molar-refractivity contribution in [2.75, 3.05) is 18.8 Å². The molecule has 0 saturated heterocycles. The summed E-state index contributed by atoms with van der Waals surface area (Å²) in [5.41, 5.74) is 8.06. The van der Waals surface area contributed by atoms with Crippen molar-refractivity contribution < 1.29 is 4.79 Å². The lowest BCUT2D eigenvalue weighted by Crippen LogP contribution is -2.36. The molecule has 0 saturated carbocycles. The van der Waals surface area contributed by atoms with Gasteiger partial charge in [0, 0.05) is 18.0 Å². The Bertz CT molecular complexity index is 647. The zero-order valence-corrected chi connectivity index (χ0v) is 16.0. The molecule has 1 amide bonds. The highest BCUT2D eigenvalue weighted by Crippen LogP contribution is 2.40. The van der Waals surface area contributed by atoms with Gasteiger partial charge in [0.05, 0.1) is 0 Å². The number of fused-ring (bicyclic) bond motifs is 1. The number of hydrogen-bond acceptors (Lipinski definition) is 4. The molecule has 1 aromatic carbocycles. The van der Waals surface area contributed by atoms with Gasteiger partial charge in [-0.2, -0.15) is 0 Å². The summed E-state index contributed by atoms with van der Waals surface area (Å²) < 4.78 is 0. The molecule has 0 bridgehead atoms. The van der Waals surface area contributed by atoms with Crippen LogP contribution in [0.1, 0.15) is 27.7 Å². The fourth-order valence-corrected chi connectivity index (χ4v) is 5.24. The molecule has 2 heterocycles. The second kappa shape index (κ2) is 9.47. The summed E-state index contributed by atoms with van der Waals surface area (Å²) in [4.78, 5) is 16.5. The minimum Gasteiger partial charge on any atom is -0.337 e. The Hall–Kier alpha value is -1.01. The first-order valence-corrected chi connectivity index (χ1v) is 9.93. The first kappa shape index (κ1) is 19.3. The van der Waals surface area contributed by atoms with E-state index >= 15 is 0 Å². The molecule has 1 aromatic heterocycles. The number of benzene rings is 1. The van der Waals surface area contributed by atoms with E-state index in [2.05, 4.69) is 23.6 Å². The lowest BCUT2D eigenvalue weighted by Gasteiger charge is -2.29. The molecule has 130 valence electrons. The first-order chi connectivity index (χ1) is 11.3. The fourth-order valence-electron chi connectivity index (χ4n) is 2.87. The van der Waals surface area contributed by atoms with Gasteiger partial charge < -0.3 is 10.6 Å². The minimum absolute atomic E-state index is 0. The molecule has 1 aliphatic rings. The van der Waals surface area contributed by atoms with Gasteiger partial charge in [0.2, 0.25) is 5.91 Å². The summed E-state index contributed by atoms with van der Waals surface area (Å²) in [6, 6.07) is 12.3. The molecule has 3 rings (SSSR count). The number of carbonyl (C=O) groups is 1. The largest absolute Gasteiger partial charge is 0.337 e. The van der Waals surface area contributed by atoms with Gasteiger partial charge in [-0.15, -0.1) is 35.5 Å². The lowest BCUT2D eigenvalue weighted by atomic mass is 10.1. The van der Waals surface area contributed by atoms with Crippen LogP contribution in [0.3, 0.4) is 0 Å². The zero-order chi connectivity index (χ0) is 16.1. The van der Waals surface area contributed by atoms with Gasteiger partial charge in [0.1, 0.15) is 5.25 Å². The highest BCUT2D eigenvalue weighted by Gasteiger charge is 2.31. The Morgan fingerprint density at radius 1 is 1.25 bits per heavy atom. The van der Waals surface area contributed by atoms with Crippen molar-refractivity contribution in [2.45, 2.75) is 24.6 Å². The summed E-state index contributed by atoms with van der Waals surface area (Å²) in [6.45, 7) is 2.00. The van der Waals surface area contributed by atoms with E-state index in [9.17, 15) is 4.79 Å². The molecular weight excluding hydrogens is 360 g/mol. The molecular formula is C18H23ClN2OS2. The van der Waals surface area contributed by atoms with Gasteiger partial charge in [-0.05, 0) is 47.7 Å². The maximum absolute atomic E-state index is 13.1. The van der Waals surface area contributed by atoms with Crippen LogP contribution in [0.2, 0.25) is 0 Å². The maximum atomic E-state index is 13.1. The normalized spacial score (nSPS) is 16.1. The van der Waals surface area contributed by atoms with Gasteiger partial charge >= 0.3 is 0 Å². The van der Waals surface area contributed by atoms with Crippen LogP contribution in [-0.2, 0) is 17.8 Å². The SMILES string of the molecule is Cl.NCCCN(Cc1ccccc1)C(=O)C1SCCc2sccc21.